The van der Waals surface area contributed by atoms with Crippen LogP contribution in [0.3, 0.4) is 0 Å². The summed E-state index contributed by atoms with van der Waals surface area (Å²) in [5.74, 6) is 0.0298. The van der Waals surface area contributed by atoms with Crippen LogP contribution in [0.15, 0.2) is 0 Å². The molecule has 1 amide bonds. The molecule has 1 aromatic rings. The second-order valence-electron chi connectivity index (χ2n) is 3.70. The van der Waals surface area contributed by atoms with Crippen LogP contribution in [0.1, 0.15) is 21.9 Å². The molecule has 0 aromatic carbocycles. The predicted octanol–water partition coefficient (Wildman–Crippen LogP) is -0.328. The first kappa shape index (κ1) is 14.3. The van der Waals surface area contributed by atoms with E-state index in [2.05, 4.69) is 9.97 Å². The molecule has 0 radical (unpaired) electrons. The molecule has 0 aliphatic rings. The number of amides is 1. The van der Waals surface area contributed by atoms with Gasteiger partial charge in [-0.2, -0.15) is 0 Å². The standard InChI is InChI=1S/C11H18N4O3/c1-7-9(11(13)16)10(12)15-8(14-7)3-4-18-6-5-17-2/h3-6H2,1-2H3,(H2,13,16)(H2,12,14,15). The molecule has 1 rings (SSSR count). The van der Waals surface area contributed by atoms with Gasteiger partial charge in [-0.1, -0.05) is 0 Å². The zero-order valence-electron chi connectivity index (χ0n) is 10.6. The number of methoxy groups -OCH3 is 1. The van der Waals surface area contributed by atoms with Gasteiger partial charge in [0.25, 0.3) is 5.91 Å². The largest absolute Gasteiger partial charge is 0.383 e. The van der Waals surface area contributed by atoms with Crippen LogP contribution < -0.4 is 11.5 Å². The molecule has 0 atom stereocenters. The molecule has 4 N–H and O–H groups in total. The molecule has 7 nitrogen and oxygen atoms in total. The Hall–Kier alpha value is -1.73. The van der Waals surface area contributed by atoms with E-state index < -0.39 is 5.91 Å². The van der Waals surface area contributed by atoms with Crippen LogP contribution in [0.25, 0.3) is 0 Å². The summed E-state index contributed by atoms with van der Waals surface area (Å²) in [6, 6.07) is 0. The number of carbonyl (C=O) groups excluding carboxylic acids is 1. The molecule has 1 aromatic heterocycles. The predicted molar refractivity (Wildman–Crippen MR) is 66.1 cm³/mol. The monoisotopic (exact) mass is 254 g/mol. The van der Waals surface area contributed by atoms with E-state index in [-0.39, 0.29) is 11.4 Å². The first-order valence-corrected chi connectivity index (χ1v) is 5.55. The van der Waals surface area contributed by atoms with Crippen molar-refractivity contribution in [2.75, 3.05) is 32.7 Å². The van der Waals surface area contributed by atoms with Crippen molar-refractivity contribution in [1.82, 2.24) is 9.97 Å². The lowest BCUT2D eigenvalue weighted by Crippen LogP contribution is -2.19. The Bertz CT molecular complexity index is 400. The third-order valence-corrected chi connectivity index (χ3v) is 2.31. The zero-order valence-corrected chi connectivity index (χ0v) is 10.6. The Labute approximate surface area is 105 Å². The van der Waals surface area contributed by atoms with Crippen molar-refractivity contribution in [3.63, 3.8) is 0 Å². The summed E-state index contributed by atoms with van der Waals surface area (Å²) in [5, 5.41) is 0. The summed E-state index contributed by atoms with van der Waals surface area (Å²) in [5.41, 5.74) is 11.5. The SMILES string of the molecule is COCCOCCc1nc(C)c(C(N)=O)c(N)n1. The maximum atomic E-state index is 11.1. The number of hydrogen-bond donors (Lipinski definition) is 2. The molecule has 0 saturated heterocycles. The molecule has 0 aliphatic carbocycles. The number of primary amides is 1. The number of rotatable bonds is 7. The zero-order chi connectivity index (χ0) is 13.5. The van der Waals surface area contributed by atoms with E-state index in [1.54, 1.807) is 14.0 Å². The van der Waals surface area contributed by atoms with E-state index in [1.807, 2.05) is 0 Å². The quantitative estimate of drug-likeness (QED) is 0.644. The molecule has 0 unspecified atom stereocenters. The molecular weight excluding hydrogens is 236 g/mol. The van der Waals surface area contributed by atoms with Crippen molar-refractivity contribution in [1.29, 1.82) is 0 Å². The van der Waals surface area contributed by atoms with Crippen LogP contribution in [-0.4, -0.2) is 42.8 Å². The number of ether oxygens (including phenoxy) is 2. The molecule has 0 bridgehead atoms. The van der Waals surface area contributed by atoms with Gasteiger partial charge in [-0.25, -0.2) is 9.97 Å². The van der Waals surface area contributed by atoms with Crippen molar-refractivity contribution in [2.24, 2.45) is 5.73 Å². The number of nitrogens with zero attached hydrogens (tertiary/aromatic N) is 2. The fourth-order valence-electron chi connectivity index (χ4n) is 1.48. The Kier molecular flexibility index (Phi) is 5.47. The molecule has 0 aliphatic heterocycles. The molecule has 7 heteroatoms. The van der Waals surface area contributed by atoms with Crippen LogP contribution in [-0.2, 0) is 15.9 Å². The van der Waals surface area contributed by atoms with Crippen molar-refractivity contribution in [3.05, 3.63) is 17.1 Å². The maximum absolute atomic E-state index is 11.1. The minimum Gasteiger partial charge on any atom is -0.383 e. The van der Waals surface area contributed by atoms with Gasteiger partial charge in [0.05, 0.1) is 25.5 Å². The van der Waals surface area contributed by atoms with Gasteiger partial charge in [0.15, 0.2) is 0 Å². The third-order valence-electron chi connectivity index (χ3n) is 2.31. The van der Waals surface area contributed by atoms with Crippen LogP contribution in [0.5, 0.6) is 0 Å². The number of hydrogen-bond acceptors (Lipinski definition) is 6. The van der Waals surface area contributed by atoms with Crippen LogP contribution in [0.4, 0.5) is 5.82 Å². The summed E-state index contributed by atoms with van der Waals surface area (Å²) >= 11 is 0. The van der Waals surface area contributed by atoms with E-state index in [4.69, 9.17) is 20.9 Å². The lowest BCUT2D eigenvalue weighted by molar-refractivity contribution is 0.0716. The second kappa shape index (κ2) is 6.87. The van der Waals surface area contributed by atoms with E-state index >= 15 is 0 Å². The van der Waals surface area contributed by atoms with E-state index in [1.165, 1.54) is 0 Å². The minimum absolute atomic E-state index is 0.113. The number of carbonyl (C=O) groups is 1. The van der Waals surface area contributed by atoms with Crippen molar-refractivity contribution in [3.8, 4) is 0 Å². The summed E-state index contributed by atoms with van der Waals surface area (Å²) in [4.78, 5) is 19.3. The summed E-state index contributed by atoms with van der Waals surface area (Å²) in [6.07, 6.45) is 0.522. The van der Waals surface area contributed by atoms with Gasteiger partial charge in [-0.3, -0.25) is 4.79 Å². The first-order valence-electron chi connectivity index (χ1n) is 5.55. The lowest BCUT2D eigenvalue weighted by atomic mass is 10.2. The normalized spacial score (nSPS) is 10.6. The third kappa shape index (κ3) is 3.94. The fourth-order valence-corrected chi connectivity index (χ4v) is 1.48. The Balaban J connectivity index is 2.61. The molecule has 100 valence electrons. The number of nitrogens with two attached hydrogens (primary N) is 2. The van der Waals surface area contributed by atoms with Crippen LogP contribution >= 0.6 is 0 Å². The van der Waals surface area contributed by atoms with Gasteiger partial charge in [0.1, 0.15) is 17.2 Å². The molecule has 1 heterocycles. The number of anilines is 1. The average molecular weight is 254 g/mol. The Morgan fingerprint density at radius 1 is 1.28 bits per heavy atom. The molecule has 0 spiro atoms. The van der Waals surface area contributed by atoms with Gasteiger partial charge < -0.3 is 20.9 Å². The highest BCUT2D eigenvalue weighted by Gasteiger charge is 2.13. The minimum atomic E-state index is -0.618. The van der Waals surface area contributed by atoms with Gasteiger partial charge in [-0.15, -0.1) is 0 Å². The smallest absolute Gasteiger partial charge is 0.254 e. The highest BCUT2D eigenvalue weighted by molar-refractivity contribution is 5.98. The highest BCUT2D eigenvalue weighted by Crippen LogP contribution is 2.12. The van der Waals surface area contributed by atoms with Crippen molar-refractivity contribution >= 4 is 11.7 Å². The van der Waals surface area contributed by atoms with E-state index in [9.17, 15) is 4.79 Å². The lowest BCUT2D eigenvalue weighted by Gasteiger charge is -2.08. The number of nitrogen functional groups attached to an aromatic ring is 1. The van der Waals surface area contributed by atoms with Crippen LogP contribution in [0.2, 0.25) is 0 Å². The van der Waals surface area contributed by atoms with E-state index in [0.29, 0.717) is 37.8 Å². The van der Waals surface area contributed by atoms with Gasteiger partial charge in [-0.05, 0) is 6.92 Å². The summed E-state index contributed by atoms with van der Waals surface area (Å²) in [7, 11) is 1.61. The van der Waals surface area contributed by atoms with Crippen molar-refractivity contribution < 1.29 is 14.3 Å². The molecule has 18 heavy (non-hydrogen) atoms. The summed E-state index contributed by atoms with van der Waals surface area (Å²) in [6.45, 7) is 3.21. The van der Waals surface area contributed by atoms with Gasteiger partial charge in [0, 0.05) is 13.5 Å². The Morgan fingerprint density at radius 2 is 2.00 bits per heavy atom. The average Bonchev–Trinajstić information content (AvgIpc) is 2.27. The maximum Gasteiger partial charge on any atom is 0.254 e. The number of aromatic nitrogens is 2. The highest BCUT2D eigenvalue weighted by atomic mass is 16.5. The topological polar surface area (TPSA) is 113 Å². The Morgan fingerprint density at radius 3 is 2.56 bits per heavy atom. The van der Waals surface area contributed by atoms with Gasteiger partial charge >= 0.3 is 0 Å². The van der Waals surface area contributed by atoms with Crippen LogP contribution in [0, 0.1) is 6.92 Å². The van der Waals surface area contributed by atoms with E-state index in [0.717, 1.165) is 0 Å². The summed E-state index contributed by atoms with van der Waals surface area (Å²) < 4.78 is 10.1. The second-order valence-corrected chi connectivity index (χ2v) is 3.70. The van der Waals surface area contributed by atoms with Crippen molar-refractivity contribution in [2.45, 2.75) is 13.3 Å². The van der Waals surface area contributed by atoms with Gasteiger partial charge in [0.2, 0.25) is 0 Å². The fraction of sp³-hybridized carbons (Fsp3) is 0.545. The number of aryl methyl sites for hydroxylation is 1. The molecule has 0 saturated carbocycles. The first-order chi connectivity index (χ1) is 8.56. The molecular formula is C11H18N4O3. The molecule has 0 fully saturated rings.